The van der Waals surface area contributed by atoms with Crippen LogP contribution in [0.15, 0.2) is 73.1 Å². The Labute approximate surface area is 174 Å². The molecule has 0 aliphatic carbocycles. The molecule has 1 heterocycles. The van der Waals surface area contributed by atoms with E-state index < -0.39 is 0 Å². The van der Waals surface area contributed by atoms with E-state index in [0.29, 0.717) is 11.2 Å². The Morgan fingerprint density at radius 2 is 1.54 bits per heavy atom. The Balaban J connectivity index is 0.000000224. The minimum absolute atomic E-state index is 0.523. The normalized spacial score (nSPS) is 12.2. The summed E-state index contributed by atoms with van der Waals surface area (Å²) < 4.78 is 0. The van der Waals surface area contributed by atoms with Crippen molar-refractivity contribution in [2.75, 3.05) is 12.5 Å². The summed E-state index contributed by atoms with van der Waals surface area (Å²) in [6.07, 6.45) is 4.01. The molecule has 1 aliphatic rings. The number of nitrogens with two attached hydrogens (primary N) is 1. The van der Waals surface area contributed by atoms with Gasteiger partial charge < -0.3 is 15.2 Å². The number of para-hydroxylation sites is 1. The van der Waals surface area contributed by atoms with Gasteiger partial charge in [0, 0.05) is 31.7 Å². The number of hydrogen-bond acceptors (Lipinski definition) is 4. The number of anilines is 1. The van der Waals surface area contributed by atoms with Gasteiger partial charge in [-0.3, -0.25) is 5.84 Å². The molecule has 0 saturated carbocycles. The summed E-state index contributed by atoms with van der Waals surface area (Å²) in [5.74, 6) is 5.10. The van der Waals surface area contributed by atoms with Crippen LogP contribution in [0.1, 0.15) is 5.56 Å². The molecule has 4 nitrogen and oxygen atoms in total. The molecule has 0 bridgehead atoms. The van der Waals surface area contributed by atoms with Crippen LogP contribution in [-0.4, -0.2) is 16.8 Å². The first kappa shape index (κ1) is 21.7. The third kappa shape index (κ3) is 9.86. The van der Waals surface area contributed by atoms with Gasteiger partial charge in [0.1, 0.15) is 0 Å². The summed E-state index contributed by atoms with van der Waals surface area (Å²) in [4.78, 5) is 3.96. The van der Waals surface area contributed by atoms with Crippen LogP contribution in [0.2, 0.25) is 0 Å². The van der Waals surface area contributed by atoms with Crippen LogP contribution in [0, 0.1) is 6.67 Å². The second kappa shape index (κ2) is 13.9. The first-order valence-electron chi connectivity index (χ1n) is 7.01. The molecular formula is C17H20I2N4Pt. The number of halogens is 2. The van der Waals surface area contributed by atoms with Gasteiger partial charge in [-0.2, -0.15) is 0 Å². The first-order valence-corrected chi connectivity index (χ1v) is 19.9. The molecule has 1 aliphatic heterocycles. The van der Waals surface area contributed by atoms with Gasteiger partial charge in [-0.1, -0.05) is 48.5 Å². The van der Waals surface area contributed by atoms with Crippen LogP contribution in [0.5, 0.6) is 0 Å². The predicted octanol–water partition coefficient (Wildman–Crippen LogP) is 4.64. The predicted molar refractivity (Wildman–Crippen MR) is 114 cm³/mol. The summed E-state index contributed by atoms with van der Waals surface area (Å²) in [5.41, 5.74) is 4.77. The van der Waals surface area contributed by atoms with Crippen molar-refractivity contribution in [3.63, 3.8) is 0 Å². The SMILES string of the molecule is CN1[C]N(Cc2ccccc2)C=C1.NNc1ccccc1.[I][Pt][I]. The van der Waals surface area contributed by atoms with Gasteiger partial charge in [0.05, 0.1) is 0 Å². The molecule has 2 radical (unpaired) electrons. The van der Waals surface area contributed by atoms with Crippen LogP contribution in [0.25, 0.3) is 0 Å². The Hall–Kier alpha value is -0.312. The zero-order valence-electron chi connectivity index (χ0n) is 13.2. The van der Waals surface area contributed by atoms with Crippen molar-refractivity contribution in [3.05, 3.63) is 85.3 Å². The van der Waals surface area contributed by atoms with Gasteiger partial charge in [0.2, 0.25) is 6.67 Å². The van der Waals surface area contributed by atoms with Gasteiger partial charge in [-0.05, 0) is 17.7 Å². The molecule has 3 N–H and O–H groups in total. The maximum absolute atomic E-state index is 5.10. The van der Waals surface area contributed by atoms with Gasteiger partial charge in [-0.25, -0.2) is 0 Å². The Morgan fingerprint density at radius 1 is 1.00 bits per heavy atom. The Kier molecular flexibility index (Phi) is 12.6. The zero-order chi connectivity index (χ0) is 17.6. The quantitative estimate of drug-likeness (QED) is 0.275. The van der Waals surface area contributed by atoms with E-state index in [1.807, 2.05) is 65.6 Å². The van der Waals surface area contributed by atoms with Gasteiger partial charge in [-0.15, -0.1) is 0 Å². The average molecular weight is 729 g/mol. The number of hydrogen-bond donors (Lipinski definition) is 2. The molecule has 2 aromatic carbocycles. The van der Waals surface area contributed by atoms with E-state index in [4.69, 9.17) is 5.84 Å². The topological polar surface area (TPSA) is 44.5 Å². The molecule has 3 rings (SSSR count). The molecule has 0 fully saturated rings. The van der Waals surface area contributed by atoms with Crippen LogP contribution in [0.4, 0.5) is 5.69 Å². The fourth-order valence-electron chi connectivity index (χ4n) is 1.85. The van der Waals surface area contributed by atoms with Crippen molar-refractivity contribution in [2.24, 2.45) is 5.84 Å². The van der Waals surface area contributed by atoms with Crippen molar-refractivity contribution >= 4 is 44.4 Å². The Morgan fingerprint density at radius 3 is 1.96 bits per heavy atom. The zero-order valence-corrected chi connectivity index (χ0v) is 19.8. The van der Waals surface area contributed by atoms with Crippen molar-refractivity contribution in [1.29, 1.82) is 0 Å². The molecule has 2 aromatic rings. The summed E-state index contributed by atoms with van der Waals surface area (Å²) in [5, 5.41) is 0. The summed E-state index contributed by atoms with van der Waals surface area (Å²) >= 11 is 5.30. The van der Waals surface area contributed by atoms with Gasteiger partial charge in [0.25, 0.3) is 0 Å². The molecule has 0 unspecified atom stereocenters. The molecule has 0 aromatic heterocycles. The summed E-state index contributed by atoms with van der Waals surface area (Å²) in [6.45, 7) is 4.05. The first-order chi connectivity index (χ1) is 11.7. The standard InChI is InChI=1S/C11H12N2.C6H8N2.2HI.Pt/c1-12-7-8-13(10-12)9-11-5-3-2-4-6-11;7-8-6-4-2-1-3-5-6;;;/h2-8H,9H2,1H3;1-5,8H,7H2;2*1H;/q;;;;+2/p-2. The van der Waals surface area contributed by atoms with Crippen LogP contribution in [-0.2, 0) is 17.7 Å². The van der Waals surface area contributed by atoms with Gasteiger partial charge in [0.15, 0.2) is 0 Å². The molecule has 0 amide bonds. The molecule has 7 heteroatoms. The van der Waals surface area contributed by atoms with Crippen LogP contribution < -0.4 is 11.3 Å². The molecule has 0 atom stereocenters. The van der Waals surface area contributed by atoms with Crippen molar-refractivity contribution in [2.45, 2.75) is 6.54 Å². The van der Waals surface area contributed by atoms with E-state index >= 15 is 0 Å². The van der Waals surface area contributed by atoms with E-state index in [1.165, 1.54) is 5.56 Å². The molecule has 132 valence electrons. The van der Waals surface area contributed by atoms with Crippen molar-refractivity contribution in [1.82, 2.24) is 9.80 Å². The monoisotopic (exact) mass is 729 g/mol. The third-order valence-corrected chi connectivity index (χ3v) is 2.89. The second-order valence-electron chi connectivity index (χ2n) is 4.68. The van der Waals surface area contributed by atoms with E-state index in [2.05, 4.69) is 75.1 Å². The number of hydrazine groups is 1. The fraction of sp³-hybridized carbons (Fsp3) is 0.118. The minimum atomic E-state index is 0.523. The van der Waals surface area contributed by atoms with E-state index in [0.717, 1.165) is 12.2 Å². The molecule has 0 saturated heterocycles. The number of nitrogens with zero attached hydrogens (tertiary/aromatic N) is 2. The molecular weight excluding hydrogens is 709 g/mol. The van der Waals surface area contributed by atoms with Crippen molar-refractivity contribution < 1.29 is 11.2 Å². The number of nitrogen functional groups attached to an aromatic ring is 1. The van der Waals surface area contributed by atoms with Crippen LogP contribution in [0.3, 0.4) is 0 Å². The maximum atomic E-state index is 5.10. The second-order valence-corrected chi connectivity index (χ2v) is 21.3. The fourth-order valence-corrected chi connectivity index (χ4v) is 1.85. The summed E-state index contributed by atoms with van der Waals surface area (Å²) in [7, 11) is 1.97. The van der Waals surface area contributed by atoms with Crippen LogP contribution >= 0.6 is 38.7 Å². The van der Waals surface area contributed by atoms with Gasteiger partial charge >= 0.3 is 49.9 Å². The van der Waals surface area contributed by atoms with E-state index in [-0.39, 0.29) is 0 Å². The molecule has 0 spiro atoms. The average Bonchev–Trinajstić information content (AvgIpc) is 3.03. The number of benzene rings is 2. The summed E-state index contributed by atoms with van der Waals surface area (Å²) in [6, 6.07) is 20.0. The molecule has 24 heavy (non-hydrogen) atoms. The third-order valence-electron chi connectivity index (χ3n) is 2.89. The van der Waals surface area contributed by atoms with E-state index in [1.54, 1.807) is 0 Å². The number of nitrogens with one attached hydrogen (secondary N) is 1. The van der Waals surface area contributed by atoms with Crippen molar-refractivity contribution in [3.8, 4) is 0 Å². The van der Waals surface area contributed by atoms with E-state index in [9.17, 15) is 0 Å². The Bertz CT molecular complexity index is 569. The number of rotatable bonds is 3.